The monoisotopic (exact) mass is 481 g/mol. The number of aromatic nitrogens is 8. The number of hydrogen-bond donors (Lipinski definition) is 1. The lowest BCUT2D eigenvalue weighted by Gasteiger charge is -2.32. The van der Waals surface area contributed by atoms with Crippen LogP contribution in [0, 0.1) is 0 Å². The minimum absolute atomic E-state index is 0.0366. The Bertz CT molecular complexity index is 1540. The largest absolute Gasteiger partial charge is 0.418 e. The van der Waals surface area contributed by atoms with Gasteiger partial charge in [-0.05, 0) is 24.3 Å². The summed E-state index contributed by atoms with van der Waals surface area (Å²) in [6.45, 7) is 0.220. The van der Waals surface area contributed by atoms with Gasteiger partial charge in [0.25, 0.3) is 5.89 Å². The predicted molar refractivity (Wildman–Crippen MR) is 111 cm³/mol. The van der Waals surface area contributed by atoms with E-state index in [0.29, 0.717) is 12.1 Å². The first-order valence-corrected chi connectivity index (χ1v) is 10.4. The number of carbonyl (C=O) groups is 1. The number of rotatable bonds is 3. The minimum atomic E-state index is -4.57. The third kappa shape index (κ3) is 3.50. The van der Waals surface area contributed by atoms with Crippen LogP contribution in [0.5, 0.6) is 0 Å². The average Bonchev–Trinajstić information content (AvgIpc) is 3.61. The van der Waals surface area contributed by atoms with E-state index in [-0.39, 0.29) is 35.4 Å². The second-order valence-electron chi connectivity index (χ2n) is 7.72. The van der Waals surface area contributed by atoms with Crippen LogP contribution >= 0.6 is 0 Å². The van der Waals surface area contributed by atoms with Crippen molar-refractivity contribution in [3.05, 3.63) is 77.7 Å². The standard InChI is InChI=1S/C21H14F3N9O2/c22-21(23,24)11-3-1-7-33-14(11)9-13(31-33)16-15-12(27-10-28-15)4-8-32(16)20(34)19-30-29-18(35-19)17-25-5-2-6-26-17/h1-3,5-7,9-10,16H,4,8H2,(H,27,28). The summed E-state index contributed by atoms with van der Waals surface area (Å²) >= 11 is 0. The summed E-state index contributed by atoms with van der Waals surface area (Å²) in [4.78, 5) is 30.2. The minimum Gasteiger partial charge on any atom is -0.409 e. The van der Waals surface area contributed by atoms with Gasteiger partial charge in [0.2, 0.25) is 5.82 Å². The summed E-state index contributed by atoms with van der Waals surface area (Å²) in [5.41, 5.74) is 0.489. The van der Waals surface area contributed by atoms with E-state index in [1.165, 1.54) is 42.0 Å². The van der Waals surface area contributed by atoms with Crippen LogP contribution in [0.25, 0.3) is 17.2 Å². The zero-order valence-corrected chi connectivity index (χ0v) is 17.6. The Kier molecular flexibility index (Phi) is 4.62. The van der Waals surface area contributed by atoms with Gasteiger partial charge in [-0.3, -0.25) is 4.79 Å². The maximum Gasteiger partial charge on any atom is 0.418 e. The number of nitrogens with zero attached hydrogens (tertiary/aromatic N) is 8. The van der Waals surface area contributed by atoms with Crippen molar-refractivity contribution >= 4 is 11.4 Å². The van der Waals surface area contributed by atoms with Crippen LogP contribution in [-0.2, 0) is 12.6 Å². The van der Waals surface area contributed by atoms with E-state index in [2.05, 4.69) is 35.2 Å². The van der Waals surface area contributed by atoms with Crippen LogP contribution in [0.2, 0.25) is 0 Å². The maximum absolute atomic E-state index is 13.6. The van der Waals surface area contributed by atoms with Crippen molar-refractivity contribution in [2.45, 2.75) is 18.6 Å². The van der Waals surface area contributed by atoms with Gasteiger partial charge in [0.15, 0.2) is 0 Å². The Balaban J connectivity index is 1.42. The third-order valence-electron chi connectivity index (χ3n) is 5.66. The van der Waals surface area contributed by atoms with Gasteiger partial charge >= 0.3 is 18.0 Å². The van der Waals surface area contributed by atoms with Gasteiger partial charge in [-0.2, -0.15) is 18.3 Å². The van der Waals surface area contributed by atoms with Gasteiger partial charge in [-0.25, -0.2) is 19.5 Å². The molecule has 0 aromatic carbocycles. The van der Waals surface area contributed by atoms with Crippen LogP contribution in [0.1, 0.15) is 39.4 Å². The van der Waals surface area contributed by atoms with Gasteiger partial charge in [-0.15, -0.1) is 10.2 Å². The quantitative estimate of drug-likeness (QED) is 0.416. The van der Waals surface area contributed by atoms with Crippen LogP contribution < -0.4 is 0 Å². The molecule has 5 aromatic rings. The molecule has 5 aromatic heterocycles. The molecule has 14 heteroatoms. The predicted octanol–water partition coefficient (Wildman–Crippen LogP) is 2.70. The third-order valence-corrected chi connectivity index (χ3v) is 5.66. The van der Waals surface area contributed by atoms with Crippen molar-refractivity contribution in [1.29, 1.82) is 0 Å². The van der Waals surface area contributed by atoms with Crippen LogP contribution in [0.15, 0.2) is 53.6 Å². The number of halogens is 3. The molecule has 0 aliphatic carbocycles. The van der Waals surface area contributed by atoms with Crippen molar-refractivity contribution in [2.75, 3.05) is 6.54 Å². The molecule has 0 bridgehead atoms. The zero-order chi connectivity index (χ0) is 24.2. The van der Waals surface area contributed by atoms with E-state index < -0.39 is 23.7 Å². The Morgan fingerprint density at radius 2 is 1.97 bits per heavy atom. The summed E-state index contributed by atoms with van der Waals surface area (Å²) in [6, 6.07) is 4.30. The van der Waals surface area contributed by atoms with Crippen molar-refractivity contribution in [2.24, 2.45) is 0 Å². The number of carbonyl (C=O) groups excluding carboxylic acids is 1. The van der Waals surface area contributed by atoms with E-state index in [1.54, 1.807) is 6.07 Å². The van der Waals surface area contributed by atoms with Gasteiger partial charge in [0.05, 0.1) is 28.8 Å². The number of pyridine rings is 1. The molecule has 35 heavy (non-hydrogen) atoms. The Morgan fingerprint density at radius 3 is 2.77 bits per heavy atom. The maximum atomic E-state index is 13.6. The lowest BCUT2D eigenvalue weighted by atomic mass is 9.99. The highest BCUT2D eigenvalue weighted by Gasteiger charge is 2.39. The molecule has 0 fully saturated rings. The molecule has 1 aliphatic heterocycles. The van der Waals surface area contributed by atoms with Crippen molar-refractivity contribution in [3.63, 3.8) is 0 Å². The van der Waals surface area contributed by atoms with Gasteiger partial charge < -0.3 is 14.3 Å². The van der Waals surface area contributed by atoms with Crippen molar-refractivity contribution < 1.29 is 22.4 Å². The molecule has 11 nitrogen and oxygen atoms in total. The molecule has 0 saturated carbocycles. The number of nitrogens with one attached hydrogen (secondary N) is 1. The molecular weight excluding hydrogens is 467 g/mol. The molecule has 1 N–H and O–H groups in total. The SMILES string of the molecule is O=C(c1nnc(-c2ncccn2)o1)N1CCc2[nH]cnc2C1c1cc2c(C(F)(F)F)cccn2n1. The van der Waals surface area contributed by atoms with E-state index >= 15 is 0 Å². The van der Waals surface area contributed by atoms with Crippen LogP contribution in [0.3, 0.4) is 0 Å². The van der Waals surface area contributed by atoms with Crippen molar-refractivity contribution in [1.82, 2.24) is 44.6 Å². The van der Waals surface area contributed by atoms with Gasteiger partial charge in [-0.1, -0.05) is 0 Å². The van der Waals surface area contributed by atoms with E-state index in [1.807, 2.05) is 0 Å². The van der Waals surface area contributed by atoms with Gasteiger partial charge in [0, 0.05) is 37.3 Å². The molecule has 6 rings (SSSR count). The zero-order valence-electron chi connectivity index (χ0n) is 17.6. The molecule has 1 unspecified atom stereocenters. The topological polar surface area (TPSA) is 131 Å². The van der Waals surface area contributed by atoms with Crippen LogP contribution in [0.4, 0.5) is 13.2 Å². The highest BCUT2D eigenvalue weighted by Crippen LogP contribution is 2.37. The first-order valence-electron chi connectivity index (χ1n) is 10.4. The molecule has 176 valence electrons. The molecule has 1 amide bonds. The molecule has 0 radical (unpaired) electrons. The number of aromatic amines is 1. The van der Waals surface area contributed by atoms with Crippen molar-refractivity contribution in [3.8, 4) is 11.7 Å². The Labute approximate surface area is 193 Å². The fourth-order valence-corrected chi connectivity index (χ4v) is 4.14. The normalized spacial score (nSPS) is 16.0. The molecule has 0 spiro atoms. The average molecular weight is 481 g/mol. The fourth-order valence-electron chi connectivity index (χ4n) is 4.14. The lowest BCUT2D eigenvalue weighted by molar-refractivity contribution is -0.136. The lowest BCUT2D eigenvalue weighted by Crippen LogP contribution is -2.41. The molecule has 1 atom stereocenters. The van der Waals surface area contributed by atoms with E-state index in [0.717, 1.165) is 16.3 Å². The summed E-state index contributed by atoms with van der Waals surface area (Å²) in [5.74, 6) is -0.808. The highest BCUT2D eigenvalue weighted by atomic mass is 19.4. The number of alkyl halides is 3. The first-order chi connectivity index (χ1) is 16.9. The highest BCUT2D eigenvalue weighted by molar-refractivity contribution is 5.90. The molecular formula is C21H14F3N9O2. The molecule has 6 heterocycles. The fraction of sp³-hybridized carbons (Fsp3) is 0.190. The van der Waals surface area contributed by atoms with Gasteiger partial charge in [0.1, 0.15) is 6.04 Å². The van der Waals surface area contributed by atoms with Crippen LogP contribution in [-0.4, -0.2) is 57.1 Å². The summed E-state index contributed by atoms with van der Waals surface area (Å²) < 4.78 is 47.4. The number of hydrogen-bond acceptors (Lipinski definition) is 8. The second kappa shape index (κ2) is 7.72. The number of H-pyrrole nitrogens is 1. The number of amides is 1. The Hall–Kier alpha value is -4.62. The first kappa shape index (κ1) is 20.9. The second-order valence-corrected chi connectivity index (χ2v) is 7.72. The molecule has 1 aliphatic rings. The van der Waals surface area contributed by atoms with E-state index in [9.17, 15) is 18.0 Å². The summed E-state index contributed by atoms with van der Waals surface area (Å²) in [5, 5.41) is 12.0. The number of imidazole rings is 1. The molecule has 0 saturated heterocycles. The Morgan fingerprint density at radius 1 is 1.14 bits per heavy atom. The number of fused-ring (bicyclic) bond motifs is 2. The summed E-state index contributed by atoms with van der Waals surface area (Å²) in [6.07, 6.45) is 1.75. The summed E-state index contributed by atoms with van der Waals surface area (Å²) in [7, 11) is 0. The smallest absolute Gasteiger partial charge is 0.409 e. The van der Waals surface area contributed by atoms with E-state index in [4.69, 9.17) is 4.42 Å².